The zero-order chi connectivity index (χ0) is 87.3. The molecule has 4 aliphatic carbocycles. The predicted octanol–water partition coefficient (Wildman–Crippen LogP) is 34.7. The minimum absolute atomic E-state index is 0.0160. The van der Waals surface area contributed by atoms with Gasteiger partial charge in [-0.3, -0.25) is 4.98 Å². The van der Waals surface area contributed by atoms with Crippen LogP contribution in [-0.4, -0.2) is 4.98 Å². The molecule has 4 aliphatic rings. The summed E-state index contributed by atoms with van der Waals surface area (Å²) >= 11 is 0. The Kier molecular flexibility index (Phi) is 18.4. The summed E-state index contributed by atoms with van der Waals surface area (Å²) in [6, 6.07) is 152. The third-order valence-corrected chi connectivity index (χ3v) is 29.2. The van der Waals surface area contributed by atoms with Crippen LogP contribution in [0, 0.1) is 5.82 Å². The number of halogens is 1. The Labute approximate surface area is 758 Å². The maximum atomic E-state index is 14.0. The Morgan fingerprint density at radius 1 is 0.192 bits per heavy atom. The second kappa shape index (κ2) is 30.7. The van der Waals surface area contributed by atoms with Crippen LogP contribution in [0.2, 0.25) is 0 Å². The van der Waals surface area contributed by atoms with Crippen molar-refractivity contribution in [1.29, 1.82) is 0 Å². The standard InChI is InChI=1S/C47H34.C41H29F.C40H29N/c1-47(2)42-18-9-8-14-34(42)40-28-33(23-26-43(40)47)45-36-15-6-7-16-37(36)46(38-24-21-31-20-19-30-13-10-17-35(38)44(30)31)39-25-22-32(27-41(39)45)29-11-4-3-5-12-29;1-41(2)37-15-9-8-12-31(37)35-25-29(19-23-38(35)41)40-33-14-7-6-13-32(33)39(27-16-20-30(42)21-17-27)34-22-18-28(24-36(34)40)26-10-4-3-5-11-26;1-40(2)35-17-9-8-14-29(35)33-25-28(20-22-36(33)40)38-30-15-6-7-16-31(30)39(37-18-10-11-23-41-37)32-21-19-27(24-34(32)38)26-12-4-3-5-13-26/h3-18,21-28H,19-20H2,1-2H3;3-25H,1-2H3;3-25H,1-2H3. The first kappa shape index (κ1) is 78.0. The summed E-state index contributed by atoms with van der Waals surface area (Å²) in [6.45, 7) is 14.1. The van der Waals surface area contributed by atoms with Crippen LogP contribution in [0.15, 0.2) is 425 Å². The van der Waals surface area contributed by atoms with Crippen molar-refractivity contribution in [2.24, 2.45) is 0 Å². The zero-order valence-corrected chi connectivity index (χ0v) is 73.7. The van der Waals surface area contributed by atoms with Crippen molar-refractivity contribution in [2.45, 2.75) is 70.6 Å². The van der Waals surface area contributed by atoms with E-state index in [-0.39, 0.29) is 22.1 Å². The van der Waals surface area contributed by atoms with Crippen molar-refractivity contribution in [3.8, 4) is 134 Å². The molecule has 22 aromatic rings. The summed E-state index contributed by atoms with van der Waals surface area (Å²) in [5.74, 6) is -0.225. The third-order valence-electron chi connectivity index (χ3n) is 29.2. The number of nitrogens with zero attached hydrogens (tertiary/aromatic N) is 1. The average molecular weight is 1660 g/mol. The Morgan fingerprint density at radius 2 is 0.500 bits per heavy atom. The molecule has 26 rings (SSSR count). The molecule has 0 unspecified atom stereocenters. The molecule has 0 amide bonds. The van der Waals surface area contributed by atoms with Crippen LogP contribution in [0.25, 0.3) is 209 Å². The molecule has 0 bridgehead atoms. The molecule has 130 heavy (non-hydrogen) atoms. The largest absolute Gasteiger partial charge is 0.256 e. The van der Waals surface area contributed by atoms with Gasteiger partial charge in [-0.05, 0) is 316 Å². The Morgan fingerprint density at radius 3 is 0.908 bits per heavy atom. The highest BCUT2D eigenvalue weighted by atomic mass is 19.1. The van der Waals surface area contributed by atoms with Gasteiger partial charge in [-0.15, -0.1) is 0 Å². The van der Waals surface area contributed by atoms with Gasteiger partial charge in [-0.1, -0.05) is 399 Å². The maximum Gasteiger partial charge on any atom is 0.123 e. The van der Waals surface area contributed by atoms with Gasteiger partial charge in [-0.2, -0.15) is 0 Å². The molecule has 0 radical (unpaired) electrons. The molecule has 0 spiro atoms. The van der Waals surface area contributed by atoms with E-state index in [0.29, 0.717) is 0 Å². The molecule has 0 saturated heterocycles. The van der Waals surface area contributed by atoms with Crippen molar-refractivity contribution in [3.63, 3.8) is 0 Å². The number of fused-ring (bicyclic) bond motifs is 15. The highest BCUT2D eigenvalue weighted by molar-refractivity contribution is 6.27. The molecule has 1 nitrogen and oxygen atoms in total. The van der Waals surface area contributed by atoms with E-state index < -0.39 is 0 Å². The van der Waals surface area contributed by atoms with E-state index in [1.165, 1.54) is 231 Å². The van der Waals surface area contributed by atoms with Crippen molar-refractivity contribution < 1.29 is 4.39 Å². The van der Waals surface area contributed by atoms with Crippen molar-refractivity contribution in [1.82, 2.24) is 4.98 Å². The van der Waals surface area contributed by atoms with Gasteiger partial charge in [0.05, 0.1) is 5.69 Å². The van der Waals surface area contributed by atoms with Crippen molar-refractivity contribution in [3.05, 3.63) is 475 Å². The molecule has 1 heterocycles. The summed E-state index contributed by atoms with van der Waals surface area (Å²) < 4.78 is 14.0. The van der Waals surface area contributed by atoms with Crippen LogP contribution in [0.4, 0.5) is 4.39 Å². The molecule has 2 heteroatoms. The lowest BCUT2D eigenvalue weighted by atomic mass is 9.81. The molecule has 0 atom stereocenters. The van der Waals surface area contributed by atoms with Gasteiger partial charge in [-0.25, -0.2) is 4.39 Å². The van der Waals surface area contributed by atoms with Gasteiger partial charge in [0.2, 0.25) is 0 Å². The normalized spacial score (nSPS) is 13.6. The Hall–Kier alpha value is -15.5. The van der Waals surface area contributed by atoms with Gasteiger partial charge in [0.25, 0.3) is 0 Å². The number of hydrogen-bond acceptors (Lipinski definition) is 1. The second-order valence-electron chi connectivity index (χ2n) is 37.4. The number of hydrogen-bond donors (Lipinski definition) is 0. The molecule has 1 aromatic heterocycles. The number of rotatable bonds is 9. The fourth-order valence-corrected chi connectivity index (χ4v) is 23.0. The van der Waals surface area contributed by atoms with Crippen LogP contribution in [0.3, 0.4) is 0 Å². The second-order valence-corrected chi connectivity index (χ2v) is 37.4. The molecule has 0 saturated carbocycles. The SMILES string of the molecule is CC1(C)c2ccccc2-c2cc(-c3c4ccccc4c(-c4ccc(F)cc4)c4ccc(-c5ccccc5)cc34)ccc21.CC1(C)c2ccccc2-c2cc(-c3c4ccccc4c(-c4ccc5c6c(cccc46)CC5)c4ccc(-c5ccccc5)cc34)ccc21.CC1(C)c2ccccc2-c2cc(-c3c4ccccc4c(-c4ccccn4)c4ccc(-c5ccccc5)cc34)ccc21. The summed E-state index contributed by atoms with van der Waals surface area (Å²) in [5, 5.41) is 17.7. The van der Waals surface area contributed by atoms with E-state index in [1.54, 1.807) is 12.1 Å². The third kappa shape index (κ3) is 12.5. The van der Waals surface area contributed by atoms with Crippen LogP contribution < -0.4 is 0 Å². The number of aryl methyl sites for hydroxylation is 2. The molecular weight excluding hydrogens is 1570 g/mol. The summed E-state index contributed by atoms with van der Waals surface area (Å²) in [4.78, 5) is 4.82. The van der Waals surface area contributed by atoms with Crippen LogP contribution >= 0.6 is 0 Å². The van der Waals surface area contributed by atoms with Gasteiger partial charge in [0, 0.05) is 28.0 Å². The quantitative estimate of drug-likeness (QED) is 0.131. The molecule has 0 fully saturated rings. The molecule has 0 N–H and O–H groups in total. The lowest BCUT2D eigenvalue weighted by Gasteiger charge is -2.22. The minimum atomic E-state index is -0.225. The van der Waals surface area contributed by atoms with E-state index in [0.717, 1.165) is 35.0 Å². The Balaban J connectivity index is 0.000000108. The minimum Gasteiger partial charge on any atom is -0.256 e. The highest BCUT2D eigenvalue weighted by Gasteiger charge is 2.39. The first-order valence-electron chi connectivity index (χ1n) is 45.8. The fourth-order valence-electron chi connectivity index (χ4n) is 23.0. The maximum absolute atomic E-state index is 14.0. The van der Waals surface area contributed by atoms with Crippen LogP contribution in [0.5, 0.6) is 0 Å². The van der Waals surface area contributed by atoms with E-state index >= 15 is 0 Å². The van der Waals surface area contributed by atoms with Crippen LogP contribution in [0.1, 0.15) is 86.1 Å². The van der Waals surface area contributed by atoms with E-state index in [2.05, 4.69) is 430 Å². The number of pyridine rings is 1. The molecule has 616 valence electrons. The highest BCUT2D eigenvalue weighted by Crippen LogP contribution is 2.57. The summed E-state index contributed by atoms with van der Waals surface area (Å²) in [7, 11) is 0. The average Bonchev–Trinajstić information content (AvgIpc) is 1.16. The summed E-state index contributed by atoms with van der Waals surface area (Å²) in [5.41, 5.74) is 41.1. The molecular formula is C128H92FN. The zero-order valence-electron chi connectivity index (χ0n) is 73.7. The fraction of sp³-hybridized carbons (Fsp3) is 0.0859. The van der Waals surface area contributed by atoms with Crippen LogP contribution in [-0.2, 0) is 29.1 Å². The van der Waals surface area contributed by atoms with Crippen molar-refractivity contribution in [2.75, 3.05) is 0 Å². The van der Waals surface area contributed by atoms with E-state index in [9.17, 15) is 4.39 Å². The van der Waals surface area contributed by atoms with Crippen molar-refractivity contribution >= 4 is 75.4 Å². The smallest absolute Gasteiger partial charge is 0.123 e. The topological polar surface area (TPSA) is 12.9 Å². The van der Waals surface area contributed by atoms with Gasteiger partial charge >= 0.3 is 0 Å². The monoisotopic (exact) mass is 1660 g/mol. The lowest BCUT2D eigenvalue weighted by Crippen LogP contribution is -2.14. The number of aromatic nitrogens is 1. The number of benzene rings is 21. The van der Waals surface area contributed by atoms with Gasteiger partial charge < -0.3 is 0 Å². The predicted molar refractivity (Wildman–Crippen MR) is 549 cm³/mol. The molecule has 21 aromatic carbocycles. The Bertz CT molecular complexity index is 8390. The van der Waals surface area contributed by atoms with E-state index in [4.69, 9.17) is 4.98 Å². The lowest BCUT2D eigenvalue weighted by molar-refractivity contribution is 0.628. The van der Waals surface area contributed by atoms with Gasteiger partial charge in [0.15, 0.2) is 0 Å². The van der Waals surface area contributed by atoms with Gasteiger partial charge in [0.1, 0.15) is 5.82 Å². The first-order valence-corrected chi connectivity index (χ1v) is 45.8. The summed E-state index contributed by atoms with van der Waals surface area (Å²) in [6.07, 6.45) is 4.16. The van der Waals surface area contributed by atoms with E-state index in [1.807, 2.05) is 24.4 Å². The first-order chi connectivity index (χ1) is 63.7. The molecule has 0 aliphatic heterocycles.